The summed E-state index contributed by atoms with van der Waals surface area (Å²) >= 11 is 3.41. The molecule has 0 saturated carbocycles. The highest BCUT2D eigenvalue weighted by molar-refractivity contribution is 9.10. The summed E-state index contributed by atoms with van der Waals surface area (Å²) in [6, 6.07) is 14.9. The molecular weight excluding hydrogens is 408 g/mol. The van der Waals surface area contributed by atoms with Gasteiger partial charge in [0.05, 0.1) is 7.11 Å². The van der Waals surface area contributed by atoms with Crippen LogP contribution in [-0.4, -0.2) is 36.9 Å². The van der Waals surface area contributed by atoms with E-state index < -0.39 is 6.04 Å². The highest BCUT2D eigenvalue weighted by Crippen LogP contribution is 2.26. The van der Waals surface area contributed by atoms with Crippen LogP contribution >= 0.6 is 15.9 Å². The Morgan fingerprint density at radius 2 is 1.89 bits per heavy atom. The summed E-state index contributed by atoms with van der Waals surface area (Å²) in [4.78, 5) is 26.9. The number of piperazine rings is 1. The van der Waals surface area contributed by atoms with E-state index in [-0.39, 0.29) is 11.8 Å². The van der Waals surface area contributed by atoms with Crippen molar-refractivity contribution < 1.29 is 14.3 Å². The lowest BCUT2D eigenvalue weighted by atomic mass is 10.0. The zero-order chi connectivity index (χ0) is 19.2. The quantitative estimate of drug-likeness (QED) is 0.762. The van der Waals surface area contributed by atoms with Gasteiger partial charge in [0.25, 0.3) is 0 Å². The van der Waals surface area contributed by atoms with E-state index in [0.717, 1.165) is 28.6 Å². The summed E-state index contributed by atoms with van der Waals surface area (Å²) in [5, 5.41) is 2.87. The number of hydrogen-bond acceptors (Lipinski definition) is 3. The summed E-state index contributed by atoms with van der Waals surface area (Å²) in [6.07, 6.45) is 1.99. The Morgan fingerprint density at radius 3 is 2.56 bits per heavy atom. The summed E-state index contributed by atoms with van der Waals surface area (Å²) in [5.41, 5.74) is 2.00. The number of hydrogen-bond donors (Lipinski definition) is 1. The number of rotatable bonds is 6. The Labute approximate surface area is 167 Å². The molecule has 0 bridgehead atoms. The number of ether oxygens (including phenoxy) is 1. The van der Waals surface area contributed by atoms with Crippen LogP contribution in [0.4, 0.5) is 0 Å². The maximum absolute atomic E-state index is 12.8. The third-order valence-electron chi connectivity index (χ3n) is 4.73. The highest BCUT2D eigenvalue weighted by atomic mass is 79.9. The molecule has 0 aromatic heterocycles. The second-order valence-electron chi connectivity index (χ2n) is 6.53. The average molecular weight is 431 g/mol. The van der Waals surface area contributed by atoms with Crippen molar-refractivity contribution in [3.05, 3.63) is 64.1 Å². The molecule has 1 aliphatic rings. The van der Waals surface area contributed by atoms with Crippen LogP contribution in [0.3, 0.4) is 0 Å². The normalized spacial score (nSPS) is 16.7. The van der Waals surface area contributed by atoms with E-state index in [4.69, 9.17) is 4.74 Å². The van der Waals surface area contributed by atoms with Crippen LogP contribution in [0.25, 0.3) is 0 Å². The second-order valence-corrected chi connectivity index (χ2v) is 7.45. The van der Waals surface area contributed by atoms with Crippen molar-refractivity contribution in [1.29, 1.82) is 0 Å². The van der Waals surface area contributed by atoms with Crippen molar-refractivity contribution in [2.45, 2.75) is 25.3 Å². The van der Waals surface area contributed by atoms with Gasteiger partial charge in [-0.2, -0.15) is 0 Å². The van der Waals surface area contributed by atoms with Gasteiger partial charge in [-0.25, -0.2) is 0 Å². The van der Waals surface area contributed by atoms with Gasteiger partial charge in [-0.15, -0.1) is 0 Å². The lowest BCUT2D eigenvalue weighted by Crippen LogP contribution is -2.52. The van der Waals surface area contributed by atoms with E-state index in [1.807, 2.05) is 48.5 Å². The molecule has 1 aliphatic heterocycles. The Hall–Kier alpha value is -2.34. The van der Waals surface area contributed by atoms with Crippen LogP contribution in [0, 0.1) is 0 Å². The van der Waals surface area contributed by atoms with Crippen molar-refractivity contribution in [2.75, 3.05) is 20.2 Å². The molecule has 1 saturated heterocycles. The first-order valence-corrected chi connectivity index (χ1v) is 9.83. The number of nitrogens with one attached hydrogen (secondary N) is 1. The van der Waals surface area contributed by atoms with Crippen molar-refractivity contribution in [3.63, 3.8) is 0 Å². The third kappa shape index (κ3) is 4.89. The number of methoxy groups -OCH3 is 1. The van der Waals surface area contributed by atoms with E-state index in [1.165, 1.54) is 5.56 Å². The number of aryl methyl sites for hydroxylation is 1. The first kappa shape index (κ1) is 19.4. The highest BCUT2D eigenvalue weighted by Gasteiger charge is 2.33. The Morgan fingerprint density at radius 1 is 1.19 bits per heavy atom. The standard InChI is InChI=1S/C21H23BrN2O3/c1-27-18-11-5-15(6-12-18)3-2-4-19(25)24-14-13-23-21(26)20(24)16-7-9-17(22)10-8-16/h5-12,20H,2-4,13-14H2,1H3,(H,23,26)/t20-/m0/s1. The maximum Gasteiger partial charge on any atom is 0.247 e. The molecule has 27 heavy (non-hydrogen) atoms. The predicted octanol–water partition coefficient (Wildman–Crippen LogP) is 3.48. The number of amides is 2. The molecule has 142 valence electrons. The summed E-state index contributed by atoms with van der Waals surface area (Å²) < 4.78 is 6.11. The molecular formula is C21H23BrN2O3. The lowest BCUT2D eigenvalue weighted by Gasteiger charge is -2.35. The molecule has 2 aromatic rings. The van der Waals surface area contributed by atoms with E-state index in [1.54, 1.807) is 12.0 Å². The van der Waals surface area contributed by atoms with Crippen LogP contribution in [0.1, 0.15) is 30.0 Å². The van der Waals surface area contributed by atoms with Gasteiger partial charge in [0.2, 0.25) is 11.8 Å². The van der Waals surface area contributed by atoms with Crippen molar-refractivity contribution in [1.82, 2.24) is 10.2 Å². The van der Waals surface area contributed by atoms with Gasteiger partial charge in [0.1, 0.15) is 11.8 Å². The molecule has 0 unspecified atom stereocenters. The molecule has 0 aliphatic carbocycles. The SMILES string of the molecule is COc1ccc(CCCC(=O)N2CCNC(=O)[C@@H]2c2ccc(Br)cc2)cc1. The fourth-order valence-corrected chi connectivity index (χ4v) is 3.56. The fraction of sp³-hybridized carbons (Fsp3) is 0.333. The molecule has 0 radical (unpaired) electrons. The Kier molecular flexibility index (Phi) is 6.50. The van der Waals surface area contributed by atoms with Gasteiger partial charge >= 0.3 is 0 Å². The van der Waals surface area contributed by atoms with Gasteiger partial charge < -0.3 is 15.0 Å². The Balaban J connectivity index is 1.62. The largest absolute Gasteiger partial charge is 0.497 e. The number of nitrogens with zero attached hydrogens (tertiary/aromatic N) is 1. The van der Waals surface area contributed by atoms with E-state index >= 15 is 0 Å². The minimum atomic E-state index is -0.555. The monoisotopic (exact) mass is 430 g/mol. The van der Waals surface area contributed by atoms with Crippen LogP contribution in [0.5, 0.6) is 5.75 Å². The van der Waals surface area contributed by atoms with Gasteiger partial charge in [-0.3, -0.25) is 9.59 Å². The van der Waals surface area contributed by atoms with Crippen molar-refractivity contribution in [3.8, 4) is 5.75 Å². The van der Waals surface area contributed by atoms with Gasteiger partial charge in [-0.1, -0.05) is 40.2 Å². The molecule has 2 aromatic carbocycles. The minimum absolute atomic E-state index is 0.0197. The predicted molar refractivity (Wildman–Crippen MR) is 108 cm³/mol. The smallest absolute Gasteiger partial charge is 0.247 e. The zero-order valence-electron chi connectivity index (χ0n) is 15.3. The molecule has 5 nitrogen and oxygen atoms in total. The zero-order valence-corrected chi connectivity index (χ0v) is 16.9. The van der Waals surface area contributed by atoms with Crippen LogP contribution in [0.15, 0.2) is 53.0 Å². The van der Waals surface area contributed by atoms with Gasteiger partial charge in [0, 0.05) is 24.0 Å². The first-order chi connectivity index (χ1) is 13.1. The first-order valence-electron chi connectivity index (χ1n) is 9.04. The van der Waals surface area contributed by atoms with Gasteiger partial charge in [0.15, 0.2) is 0 Å². The number of carbonyl (C=O) groups is 2. The summed E-state index contributed by atoms with van der Waals surface area (Å²) in [5.74, 6) is 0.727. The maximum atomic E-state index is 12.8. The molecule has 0 spiro atoms. The van der Waals surface area contributed by atoms with Crippen molar-refractivity contribution >= 4 is 27.7 Å². The molecule has 1 N–H and O–H groups in total. The minimum Gasteiger partial charge on any atom is -0.497 e. The van der Waals surface area contributed by atoms with Crippen LogP contribution < -0.4 is 10.1 Å². The Bertz CT molecular complexity index is 790. The van der Waals surface area contributed by atoms with Crippen molar-refractivity contribution in [2.24, 2.45) is 0 Å². The molecule has 1 atom stereocenters. The second kappa shape index (κ2) is 9.04. The summed E-state index contributed by atoms with van der Waals surface area (Å²) in [6.45, 7) is 1.03. The van der Waals surface area contributed by atoms with Crippen LogP contribution in [-0.2, 0) is 16.0 Å². The van der Waals surface area contributed by atoms with Gasteiger partial charge in [-0.05, 0) is 48.2 Å². The molecule has 6 heteroatoms. The van der Waals surface area contributed by atoms with E-state index in [2.05, 4.69) is 21.2 Å². The average Bonchev–Trinajstić information content (AvgIpc) is 2.69. The number of carbonyl (C=O) groups excluding carboxylic acids is 2. The van der Waals surface area contributed by atoms with Crippen LogP contribution in [0.2, 0.25) is 0 Å². The number of benzene rings is 2. The molecule has 1 fully saturated rings. The molecule has 3 rings (SSSR count). The third-order valence-corrected chi connectivity index (χ3v) is 5.26. The van der Waals surface area contributed by atoms with E-state index in [9.17, 15) is 9.59 Å². The molecule has 1 heterocycles. The lowest BCUT2D eigenvalue weighted by molar-refractivity contribution is -0.143. The number of halogens is 1. The fourth-order valence-electron chi connectivity index (χ4n) is 3.29. The molecule has 2 amide bonds. The summed E-state index contributed by atoms with van der Waals surface area (Å²) in [7, 11) is 1.64. The topological polar surface area (TPSA) is 58.6 Å². The van der Waals surface area contributed by atoms with E-state index in [0.29, 0.717) is 19.5 Å².